The van der Waals surface area contributed by atoms with Crippen LogP contribution in [0.25, 0.3) is 11.1 Å². The van der Waals surface area contributed by atoms with Gasteiger partial charge in [0.2, 0.25) is 5.78 Å². The van der Waals surface area contributed by atoms with E-state index in [0.717, 1.165) is 24.5 Å². The van der Waals surface area contributed by atoms with Crippen molar-refractivity contribution in [2.24, 2.45) is 28.6 Å². The van der Waals surface area contributed by atoms with Crippen molar-refractivity contribution in [3.63, 3.8) is 0 Å². The molecule has 4 aliphatic carbocycles. The minimum absolute atomic E-state index is 0.0395. The van der Waals surface area contributed by atoms with Crippen molar-refractivity contribution < 1.29 is 34.8 Å². The van der Waals surface area contributed by atoms with Crippen LogP contribution < -0.4 is 0 Å². The van der Waals surface area contributed by atoms with E-state index in [-0.39, 0.29) is 41.4 Å². The number of aliphatic hydroxyl groups is 3. The first kappa shape index (κ1) is 30.3. The van der Waals surface area contributed by atoms with Crippen molar-refractivity contribution in [1.29, 1.82) is 0 Å². The van der Waals surface area contributed by atoms with Crippen molar-refractivity contribution in [2.45, 2.75) is 85.2 Å². The maximum absolute atomic E-state index is 14.3. The molecule has 0 amide bonds. The molecular weight excluding hydrogens is 556 g/mol. The second-order valence-electron chi connectivity index (χ2n) is 14.5. The maximum atomic E-state index is 14.3. The number of hydrogen-bond donors (Lipinski definition) is 4. The van der Waals surface area contributed by atoms with E-state index in [9.17, 15) is 34.8 Å². The number of aliphatic hydroxyl groups excluding tert-OH is 2. The number of carbonyl (C=O) groups excluding carboxylic acids is 3. The zero-order chi connectivity index (χ0) is 31.9. The molecule has 2 aromatic carbocycles. The van der Waals surface area contributed by atoms with Crippen LogP contribution in [-0.4, -0.2) is 43.4 Å². The summed E-state index contributed by atoms with van der Waals surface area (Å²) in [5.41, 5.74) is -2.15. The molecule has 0 spiro atoms. The Morgan fingerprint density at radius 1 is 0.977 bits per heavy atom. The minimum Gasteiger partial charge on any atom is -0.511 e. The summed E-state index contributed by atoms with van der Waals surface area (Å²) in [6.45, 7) is 8.26. The van der Waals surface area contributed by atoms with Crippen molar-refractivity contribution >= 4 is 17.3 Å². The molecule has 232 valence electrons. The molecule has 4 N–H and O–H groups in total. The predicted molar refractivity (Wildman–Crippen MR) is 166 cm³/mol. The maximum Gasteiger partial charge on any atom is 0.209 e. The van der Waals surface area contributed by atoms with Crippen molar-refractivity contribution in [3.05, 3.63) is 75.8 Å². The van der Waals surface area contributed by atoms with Gasteiger partial charge in [-0.3, -0.25) is 14.4 Å². The summed E-state index contributed by atoms with van der Waals surface area (Å²) in [5, 5.41) is 46.4. The number of aromatic hydroxyl groups is 1. The molecule has 7 nitrogen and oxygen atoms in total. The lowest BCUT2D eigenvalue weighted by molar-refractivity contribution is -0.171. The van der Waals surface area contributed by atoms with Gasteiger partial charge in [0, 0.05) is 22.3 Å². The van der Waals surface area contributed by atoms with Gasteiger partial charge >= 0.3 is 0 Å². The van der Waals surface area contributed by atoms with Gasteiger partial charge in [-0.1, -0.05) is 83.7 Å². The average molecular weight is 599 g/mol. The molecule has 4 aliphatic rings. The SMILES string of the molecule is CC(=O)C1=C(O)C(C(C)C)[C@@]2(C)C[C@@]3(C)Cc4c(-c5ccc(CC6CCCC6)cc5)ccc(O)c4C(=O)C3=C(O)[C@@]2(O)C1=O. The molecule has 0 aliphatic heterocycles. The van der Waals surface area contributed by atoms with E-state index in [2.05, 4.69) is 12.1 Å². The van der Waals surface area contributed by atoms with Gasteiger partial charge in [-0.15, -0.1) is 0 Å². The van der Waals surface area contributed by atoms with Crippen molar-refractivity contribution in [1.82, 2.24) is 0 Å². The fourth-order valence-electron chi connectivity index (χ4n) is 9.37. The molecular formula is C37H42O7. The first-order valence-electron chi connectivity index (χ1n) is 15.8. The molecule has 0 radical (unpaired) electrons. The lowest BCUT2D eigenvalue weighted by atomic mass is 9.44. The highest BCUT2D eigenvalue weighted by Crippen LogP contribution is 2.65. The highest BCUT2D eigenvalue weighted by Gasteiger charge is 2.71. The molecule has 1 unspecified atom stereocenters. The molecule has 4 atom stereocenters. The summed E-state index contributed by atoms with van der Waals surface area (Å²) in [6.07, 6.45) is 6.46. The number of hydrogen-bond acceptors (Lipinski definition) is 7. The zero-order valence-electron chi connectivity index (χ0n) is 26.2. The number of allylic oxidation sites excluding steroid dienone is 2. The average Bonchev–Trinajstić information content (AvgIpc) is 3.44. The minimum atomic E-state index is -2.61. The zero-order valence-corrected chi connectivity index (χ0v) is 26.2. The summed E-state index contributed by atoms with van der Waals surface area (Å²) in [7, 11) is 0. The Bertz CT molecular complexity index is 1660. The van der Waals surface area contributed by atoms with Crippen LogP contribution in [0, 0.1) is 28.6 Å². The number of benzene rings is 2. The monoisotopic (exact) mass is 598 g/mol. The Labute approximate surface area is 258 Å². The van der Waals surface area contributed by atoms with Crippen LogP contribution in [-0.2, 0) is 22.4 Å². The third kappa shape index (κ3) is 4.08. The summed E-state index contributed by atoms with van der Waals surface area (Å²) >= 11 is 0. The molecule has 0 aromatic heterocycles. The highest BCUT2D eigenvalue weighted by molar-refractivity contribution is 6.25. The Balaban J connectivity index is 1.50. The van der Waals surface area contributed by atoms with Crippen LogP contribution in [0.2, 0.25) is 0 Å². The first-order valence-corrected chi connectivity index (χ1v) is 15.8. The Kier molecular flexibility index (Phi) is 7.00. The van der Waals surface area contributed by atoms with Crippen LogP contribution in [0.4, 0.5) is 0 Å². The van der Waals surface area contributed by atoms with E-state index in [1.807, 2.05) is 32.9 Å². The number of phenolic OH excluding ortho intramolecular Hbond substituents is 1. The van der Waals surface area contributed by atoms with Gasteiger partial charge in [-0.25, -0.2) is 0 Å². The van der Waals surface area contributed by atoms with Crippen LogP contribution >= 0.6 is 0 Å². The third-order valence-corrected chi connectivity index (χ3v) is 11.2. The molecule has 0 saturated heterocycles. The smallest absolute Gasteiger partial charge is 0.209 e. The number of Topliss-reactive ketones (excluding diaryl/α,β-unsaturated/α-hetero) is 3. The number of fused-ring (bicyclic) bond motifs is 3. The molecule has 2 aromatic rings. The summed E-state index contributed by atoms with van der Waals surface area (Å²) < 4.78 is 0. The predicted octanol–water partition coefficient (Wildman–Crippen LogP) is 6.75. The van der Waals surface area contributed by atoms with Gasteiger partial charge in [0.25, 0.3) is 0 Å². The summed E-state index contributed by atoms with van der Waals surface area (Å²) in [5.74, 6) is -4.37. The summed E-state index contributed by atoms with van der Waals surface area (Å²) in [6, 6.07) is 11.6. The van der Waals surface area contributed by atoms with Crippen LogP contribution in [0.3, 0.4) is 0 Å². The normalized spacial score (nSPS) is 30.5. The van der Waals surface area contributed by atoms with Crippen LogP contribution in [0.5, 0.6) is 5.75 Å². The number of ketones is 3. The fraction of sp³-hybridized carbons (Fsp3) is 0.486. The van der Waals surface area contributed by atoms with Gasteiger partial charge in [0.05, 0.1) is 5.56 Å². The number of carbonyl (C=O) groups is 3. The van der Waals surface area contributed by atoms with E-state index in [4.69, 9.17) is 0 Å². The van der Waals surface area contributed by atoms with Gasteiger partial charge in [-0.05, 0) is 66.3 Å². The standard InChI is InChI=1S/C37H42O7/c1-19(2)29-31(40)27(20(3)38)33(42)37(44)34(43)30-32(41)28-25(17-35(30,4)18-36(29,37)5)24(14-15-26(28)39)23-12-10-22(11-13-23)16-21-8-6-7-9-21/h10-15,19,21,29,39-40,43-44H,6-9,16-18H2,1-5H3/t29?,35-,36-,37+/m1/s1. The Hall–Kier alpha value is -3.71. The molecule has 6 rings (SSSR count). The van der Waals surface area contributed by atoms with Gasteiger partial charge in [0.1, 0.15) is 22.8 Å². The Morgan fingerprint density at radius 2 is 1.61 bits per heavy atom. The molecule has 1 fully saturated rings. The number of phenols is 1. The van der Waals surface area contributed by atoms with Crippen LogP contribution in [0.1, 0.15) is 88.2 Å². The third-order valence-electron chi connectivity index (χ3n) is 11.2. The quantitative estimate of drug-likeness (QED) is 0.280. The van der Waals surface area contributed by atoms with Gasteiger partial charge in [0.15, 0.2) is 17.2 Å². The lowest BCUT2D eigenvalue weighted by Crippen LogP contribution is -2.67. The molecule has 44 heavy (non-hydrogen) atoms. The second-order valence-corrected chi connectivity index (χ2v) is 14.5. The van der Waals surface area contributed by atoms with Gasteiger partial charge < -0.3 is 20.4 Å². The van der Waals surface area contributed by atoms with E-state index in [0.29, 0.717) is 11.5 Å². The van der Waals surface area contributed by atoms with Crippen molar-refractivity contribution in [3.8, 4) is 16.9 Å². The molecule has 7 heteroatoms. The van der Waals surface area contributed by atoms with E-state index in [1.54, 1.807) is 13.0 Å². The second kappa shape index (κ2) is 10.2. The molecule has 0 bridgehead atoms. The van der Waals surface area contributed by atoms with E-state index < -0.39 is 51.0 Å². The molecule has 0 heterocycles. The van der Waals surface area contributed by atoms with E-state index >= 15 is 0 Å². The van der Waals surface area contributed by atoms with Crippen molar-refractivity contribution in [2.75, 3.05) is 0 Å². The first-order chi connectivity index (χ1) is 20.7. The lowest BCUT2D eigenvalue weighted by Gasteiger charge is -2.59. The fourth-order valence-corrected chi connectivity index (χ4v) is 9.37. The summed E-state index contributed by atoms with van der Waals surface area (Å²) in [4.78, 5) is 40.7. The Morgan fingerprint density at radius 3 is 2.20 bits per heavy atom. The largest absolute Gasteiger partial charge is 0.511 e. The topological polar surface area (TPSA) is 132 Å². The molecule has 1 saturated carbocycles. The van der Waals surface area contributed by atoms with Gasteiger partial charge in [-0.2, -0.15) is 0 Å². The highest BCUT2D eigenvalue weighted by atomic mass is 16.3. The van der Waals surface area contributed by atoms with E-state index in [1.165, 1.54) is 37.3 Å². The van der Waals surface area contributed by atoms with Crippen LogP contribution in [0.15, 0.2) is 59.1 Å². The number of rotatable bonds is 5.